The predicted octanol–water partition coefficient (Wildman–Crippen LogP) is 8.50. The summed E-state index contributed by atoms with van der Waals surface area (Å²) in [4.78, 5) is 0. The molecule has 0 amide bonds. The lowest BCUT2D eigenvalue weighted by atomic mass is 9.47. The highest BCUT2D eigenvalue weighted by Crippen LogP contribution is 2.69. The quantitative estimate of drug-likeness (QED) is 0.275. The van der Waals surface area contributed by atoms with Crippen molar-refractivity contribution in [3.8, 4) is 0 Å². The van der Waals surface area contributed by atoms with Crippen molar-refractivity contribution in [1.82, 2.24) is 0 Å². The Morgan fingerprint density at radius 1 is 0.618 bits per heavy atom. The van der Waals surface area contributed by atoms with Crippen LogP contribution >= 0.6 is 18.5 Å². The van der Waals surface area contributed by atoms with Crippen LogP contribution in [-0.2, 0) is 0 Å². The molecule has 8 fully saturated rings. The van der Waals surface area contributed by atoms with Crippen molar-refractivity contribution >= 4 is 31.7 Å². The number of hydrogen-bond donors (Lipinski definition) is 0. The molecule has 8 bridgehead atoms. The summed E-state index contributed by atoms with van der Waals surface area (Å²) in [5.41, 5.74) is 5.96. The molecule has 0 radical (unpaired) electrons. The van der Waals surface area contributed by atoms with Crippen LogP contribution in [0, 0.1) is 46.3 Å². The zero-order valence-corrected chi connectivity index (χ0v) is 25.3. The number of benzene rings is 1. The second kappa shape index (κ2) is 7.90. The highest BCUT2D eigenvalue weighted by molar-refractivity contribution is 7.17. The first-order valence-corrected chi connectivity index (χ1v) is 19.6. The van der Waals surface area contributed by atoms with E-state index in [4.69, 9.17) is 0 Å². The van der Waals surface area contributed by atoms with E-state index in [9.17, 15) is 0 Å². The molecule has 1 aromatic rings. The van der Waals surface area contributed by atoms with Gasteiger partial charge >= 0.3 is 0 Å². The molecule has 0 aromatic heterocycles. The maximum Gasteiger partial charge on any atom is 0.0776 e. The van der Waals surface area contributed by atoms with Crippen LogP contribution in [0.2, 0.25) is 19.6 Å². The third-order valence-electron chi connectivity index (χ3n) is 12.1. The summed E-state index contributed by atoms with van der Waals surface area (Å²) in [7, 11) is 5.64. The maximum atomic E-state index is 3.50. The first kappa shape index (κ1) is 23.4. The molecule has 8 saturated carbocycles. The van der Waals surface area contributed by atoms with Gasteiger partial charge in [0.1, 0.15) is 0 Å². The van der Waals surface area contributed by atoms with Crippen LogP contribution in [0.5, 0.6) is 0 Å². The summed E-state index contributed by atoms with van der Waals surface area (Å²) >= 11 is 0. The van der Waals surface area contributed by atoms with Crippen LogP contribution in [0.4, 0.5) is 0 Å². The van der Waals surface area contributed by atoms with Gasteiger partial charge in [0.05, 0.1) is 8.07 Å². The molecule has 8 aliphatic carbocycles. The Labute approximate surface area is 215 Å². The van der Waals surface area contributed by atoms with Gasteiger partial charge in [-0.3, -0.25) is 0 Å². The second-order valence-electron chi connectivity index (χ2n) is 15.6. The summed E-state index contributed by atoms with van der Waals surface area (Å²) in [6.07, 6.45) is 18.4. The fourth-order valence-corrected chi connectivity index (χ4v) is 14.0. The van der Waals surface area contributed by atoms with Crippen LogP contribution in [-0.4, -0.2) is 8.07 Å². The van der Waals surface area contributed by atoms with Gasteiger partial charge in [-0.05, 0) is 135 Å². The van der Waals surface area contributed by atoms with Crippen molar-refractivity contribution in [3.05, 3.63) is 29.3 Å². The molecule has 0 aliphatic heterocycles. The third kappa shape index (κ3) is 3.63. The van der Waals surface area contributed by atoms with Gasteiger partial charge in [-0.25, -0.2) is 0 Å². The molecule has 186 valence electrons. The highest BCUT2D eigenvalue weighted by atomic mass is 31.0. The Hall–Kier alpha value is 0.297. The molecular formula is C31H48P2Si. The predicted molar refractivity (Wildman–Crippen MR) is 156 cm³/mol. The Balaban J connectivity index is 1.30. The summed E-state index contributed by atoms with van der Waals surface area (Å²) in [6, 6.07) is 7.98. The molecule has 4 atom stereocenters. The molecule has 8 aliphatic rings. The van der Waals surface area contributed by atoms with E-state index >= 15 is 0 Å². The average molecular weight is 511 g/mol. The van der Waals surface area contributed by atoms with Gasteiger partial charge < -0.3 is 0 Å². The van der Waals surface area contributed by atoms with Gasteiger partial charge in [0.2, 0.25) is 0 Å². The molecule has 0 saturated heterocycles. The summed E-state index contributed by atoms with van der Waals surface area (Å²) in [5.74, 6) is 6.21. The zero-order valence-electron chi connectivity index (χ0n) is 22.0. The van der Waals surface area contributed by atoms with Crippen LogP contribution in [0.15, 0.2) is 18.2 Å². The van der Waals surface area contributed by atoms with Crippen molar-refractivity contribution in [2.45, 2.75) is 108 Å². The van der Waals surface area contributed by atoms with Crippen molar-refractivity contribution in [1.29, 1.82) is 0 Å². The highest BCUT2D eigenvalue weighted by Gasteiger charge is 2.56. The fourth-order valence-electron chi connectivity index (χ4n) is 11.4. The molecule has 0 heterocycles. The number of rotatable bonds is 5. The molecule has 0 spiro atoms. The van der Waals surface area contributed by atoms with Crippen LogP contribution in [0.1, 0.15) is 99.5 Å². The molecular weight excluding hydrogens is 462 g/mol. The Bertz CT molecular complexity index is 904. The van der Waals surface area contributed by atoms with E-state index in [1.54, 1.807) is 54.8 Å². The minimum absolute atomic E-state index is 0.568. The lowest BCUT2D eigenvalue weighted by Crippen LogP contribution is -2.49. The second-order valence-corrected chi connectivity index (χ2v) is 22.0. The van der Waals surface area contributed by atoms with Gasteiger partial charge in [-0.2, -0.15) is 0 Å². The van der Waals surface area contributed by atoms with Gasteiger partial charge in [-0.15, -0.1) is 18.5 Å². The normalized spacial score (nSPS) is 46.1. The Morgan fingerprint density at radius 3 is 1.32 bits per heavy atom. The van der Waals surface area contributed by atoms with Gasteiger partial charge in [-0.1, -0.05) is 43.0 Å². The molecule has 3 heteroatoms. The zero-order chi connectivity index (χ0) is 23.5. The first-order chi connectivity index (χ1) is 16.1. The number of hydrogen-bond acceptors (Lipinski definition) is 0. The fraction of sp³-hybridized carbons (Fsp3) is 0.806. The first-order valence-electron chi connectivity index (χ1n) is 14.8. The van der Waals surface area contributed by atoms with E-state index in [0.29, 0.717) is 22.1 Å². The SMILES string of the molecule is C[Si](C)(C)c1ccc(C(P)C23CC4CC(CC(C4)C2)C3)c(C(P)C23CC4CC(CC(C4)C2)C3)c1. The minimum Gasteiger partial charge on any atom is -0.129 e. The van der Waals surface area contributed by atoms with Crippen LogP contribution in [0.25, 0.3) is 0 Å². The standard InChI is InChI=1S/C31H48P2Si/c1-34(2,3)25-4-5-26(28(32)30-13-19-6-20(14-30)8-21(7-19)15-30)27(12-25)29(33)31-16-22-9-23(17-31)11-24(10-22)18-31/h4-5,12,19-24,28-29H,6-11,13-18,32-33H2,1-3H3. The molecule has 1 aromatic carbocycles. The van der Waals surface area contributed by atoms with E-state index in [-0.39, 0.29) is 0 Å². The van der Waals surface area contributed by atoms with E-state index < -0.39 is 8.07 Å². The van der Waals surface area contributed by atoms with Crippen molar-refractivity contribution < 1.29 is 0 Å². The van der Waals surface area contributed by atoms with Gasteiger partial charge in [0.15, 0.2) is 0 Å². The monoisotopic (exact) mass is 510 g/mol. The molecule has 4 unspecified atom stereocenters. The lowest BCUT2D eigenvalue weighted by Gasteiger charge is -2.60. The van der Waals surface area contributed by atoms with E-state index in [0.717, 1.165) is 35.5 Å². The lowest BCUT2D eigenvalue weighted by molar-refractivity contribution is -0.0574. The van der Waals surface area contributed by atoms with Gasteiger partial charge in [0, 0.05) is 11.3 Å². The molecule has 0 N–H and O–H groups in total. The summed E-state index contributed by atoms with van der Waals surface area (Å²) < 4.78 is 0. The molecule has 0 nitrogen and oxygen atoms in total. The Kier molecular flexibility index (Phi) is 5.44. The van der Waals surface area contributed by atoms with E-state index in [2.05, 4.69) is 56.3 Å². The largest absolute Gasteiger partial charge is 0.129 e. The van der Waals surface area contributed by atoms with Crippen molar-refractivity contribution in [2.75, 3.05) is 0 Å². The van der Waals surface area contributed by atoms with Crippen molar-refractivity contribution in [3.63, 3.8) is 0 Å². The summed E-state index contributed by atoms with van der Waals surface area (Å²) in [6.45, 7) is 7.64. The smallest absolute Gasteiger partial charge is 0.0776 e. The van der Waals surface area contributed by atoms with Gasteiger partial charge in [0.25, 0.3) is 0 Å². The van der Waals surface area contributed by atoms with Crippen LogP contribution < -0.4 is 5.19 Å². The van der Waals surface area contributed by atoms with Crippen LogP contribution in [0.3, 0.4) is 0 Å². The summed E-state index contributed by atoms with van der Waals surface area (Å²) in [5, 5.41) is 1.69. The topological polar surface area (TPSA) is 0 Å². The maximum absolute atomic E-state index is 3.50. The van der Waals surface area contributed by atoms with E-state index in [1.807, 2.05) is 0 Å². The minimum atomic E-state index is -1.34. The molecule has 34 heavy (non-hydrogen) atoms. The van der Waals surface area contributed by atoms with E-state index in [1.165, 1.54) is 38.5 Å². The Morgan fingerprint density at radius 2 is 0.971 bits per heavy atom. The average Bonchev–Trinajstić information content (AvgIpc) is 2.75. The molecule has 9 rings (SSSR count). The third-order valence-corrected chi connectivity index (χ3v) is 16.3. The van der Waals surface area contributed by atoms with Crippen molar-refractivity contribution in [2.24, 2.45) is 46.3 Å².